The smallest absolute Gasteiger partial charge is 0.0368 e. The summed E-state index contributed by atoms with van der Waals surface area (Å²) in [7, 11) is 0. The van der Waals surface area contributed by atoms with Crippen molar-refractivity contribution in [1.29, 1.82) is 0 Å². The van der Waals surface area contributed by atoms with E-state index in [1.54, 1.807) is 0 Å². The van der Waals surface area contributed by atoms with Crippen LogP contribution < -0.4 is 9.80 Å². The molecule has 0 aliphatic carbocycles. The Balaban J connectivity index is 2.32. The molecule has 2 nitrogen and oxygen atoms in total. The number of hydrogen-bond acceptors (Lipinski definition) is 2. The number of nitrogens with zero attached hydrogens (tertiary/aromatic N) is 2. The van der Waals surface area contributed by atoms with E-state index in [0.29, 0.717) is 5.92 Å². The second-order valence-electron chi connectivity index (χ2n) is 7.15. The van der Waals surface area contributed by atoms with Gasteiger partial charge >= 0.3 is 0 Å². The van der Waals surface area contributed by atoms with Crippen molar-refractivity contribution in [3.05, 3.63) is 58.7 Å². The minimum atomic E-state index is 0.409. The SMILES string of the molecule is CCN(CC)c1ccc(C(C)c2ccc(N(CC)CC)cc2C)c(C)c1. The third-order valence-corrected chi connectivity index (χ3v) is 5.70. The van der Waals surface area contributed by atoms with Gasteiger partial charge in [0.05, 0.1) is 0 Å². The zero-order chi connectivity index (χ0) is 19.3. The van der Waals surface area contributed by atoms with E-state index < -0.39 is 0 Å². The summed E-state index contributed by atoms with van der Waals surface area (Å²) in [5.74, 6) is 0.409. The summed E-state index contributed by atoms with van der Waals surface area (Å²) in [4.78, 5) is 4.82. The monoisotopic (exact) mass is 352 g/mol. The molecule has 0 aliphatic rings. The summed E-state index contributed by atoms with van der Waals surface area (Å²) < 4.78 is 0. The van der Waals surface area contributed by atoms with Gasteiger partial charge in [0.25, 0.3) is 0 Å². The summed E-state index contributed by atoms with van der Waals surface area (Å²) in [5, 5.41) is 0. The molecule has 142 valence electrons. The van der Waals surface area contributed by atoms with Crippen LogP contribution in [0.15, 0.2) is 36.4 Å². The molecule has 0 saturated heterocycles. The van der Waals surface area contributed by atoms with Crippen LogP contribution in [0.5, 0.6) is 0 Å². The van der Waals surface area contributed by atoms with E-state index in [2.05, 4.69) is 94.7 Å². The van der Waals surface area contributed by atoms with Crippen molar-refractivity contribution in [2.45, 2.75) is 54.4 Å². The molecule has 26 heavy (non-hydrogen) atoms. The number of hydrogen-bond donors (Lipinski definition) is 0. The molecule has 2 heteroatoms. The van der Waals surface area contributed by atoms with E-state index >= 15 is 0 Å². The van der Waals surface area contributed by atoms with Gasteiger partial charge in [-0.2, -0.15) is 0 Å². The van der Waals surface area contributed by atoms with Crippen LogP contribution in [0, 0.1) is 13.8 Å². The summed E-state index contributed by atoms with van der Waals surface area (Å²) in [6.07, 6.45) is 0. The van der Waals surface area contributed by atoms with Gasteiger partial charge in [-0.25, -0.2) is 0 Å². The lowest BCUT2D eigenvalue weighted by atomic mass is 9.87. The third-order valence-electron chi connectivity index (χ3n) is 5.70. The molecule has 0 atom stereocenters. The van der Waals surface area contributed by atoms with Crippen LogP contribution in [0.3, 0.4) is 0 Å². The Morgan fingerprint density at radius 3 is 1.27 bits per heavy atom. The fourth-order valence-electron chi connectivity index (χ4n) is 4.03. The Labute approximate surface area is 160 Å². The molecule has 0 unspecified atom stereocenters. The maximum absolute atomic E-state index is 2.41. The predicted molar refractivity (Wildman–Crippen MR) is 117 cm³/mol. The fraction of sp³-hybridized carbons (Fsp3) is 0.500. The standard InChI is InChI=1S/C24H36N2/c1-8-25(9-2)21-12-14-23(18(5)16-21)20(7)24-15-13-22(17-19(24)6)26(10-3)11-4/h12-17,20H,8-11H2,1-7H3. The number of benzene rings is 2. The summed E-state index contributed by atoms with van der Waals surface area (Å²) in [6.45, 7) is 19.9. The molecule has 0 amide bonds. The highest BCUT2D eigenvalue weighted by atomic mass is 15.1. The Kier molecular flexibility index (Phi) is 7.14. The highest BCUT2D eigenvalue weighted by Crippen LogP contribution is 2.32. The van der Waals surface area contributed by atoms with Crippen LogP contribution in [0.1, 0.15) is 62.8 Å². The van der Waals surface area contributed by atoms with Gasteiger partial charge in [0, 0.05) is 43.5 Å². The van der Waals surface area contributed by atoms with Gasteiger partial charge in [-0.15, -0.1) is 0 Å². The van der Waals surface area contributed by atoms with E-state index in [1.165, 1.54) is 33.6 Å². The molecule has 2 rings (SSSR count). The first-order valence-corrected chi connectivity index (χ1v) is 10.2. The molecule has 2 aromatic carbocycles. The van der Waals surface area contributed by atoms with Crippen molar-refractivity contribution < 1.29 is 0 Å². The quantitative estimate of drug-likeness (QED) is 0.562. The second kappa shape index (κ2) is 9.12. The second-order valence-corrected chi connectivity index (χ2v) is 7.15. The van der Waals surface area contributed by atoms with Crippen molar-refractivity contribution >= 4 is 11.4 Å². The van der Waals surface area contributed by atoms with Gasteiger partial charge < -0.3 is 9.80 Å². The Bertz CT molecular complexity index is 651. The van der Waals surface area contributed by atoms with E-state index in [4.69, 9.17) is 0 Å². The van der Waals surface area contributed by atoms with Crippen molar-refractivity contribution in [3.63, 3.8) is 0 Å². The van der Waals surface area contributed by atoms with Gasteiger partial charge in [0.2, 0.25) is 0 Å². The minimum Gasteiger partial charge on any atom is -0.372 e. The molecule has 0 radical (unpaired) electrons. The first-order chi connectivity index (χ1) is 12.5. The largest absolute Gasteiger partial charge is 0.372 e. The van der Waals surface area contributed by atoms with E-state index in [9.17, 15) is 0 Å². The van der Waals surface area contributed by atoms with Crippen molar-refractivity contribution in [2.24, 2.45) is 0 Å². The van der Waals surface area contributed by atoms with E-state index in [1.807, 2.05) is 0 Å². The molecule has 0 N–H and O–H groups in total. The van der Waals surface area contributed by atoms with Crippen LogP contribution >= 0.6 is 0 Å². The van der Waals surface area contributed by atoms with Crippen LogP contribution in [-0.2, 0) is 0 Å². The highest BCUT2D eigenvalue weighted by Gasteiger charge is 2.15. The molecule has 2 aromatic rings. The Hall–Kier alpha value is -1.96. The summed E-state index contributed by atoms with van der Waals surface area (Å²) in [6, 6.07) is 13.9. The molecule has 0 aliphatic heterocycles. The lowest BCUT2D eigenvalue weighted by Crippen LogP contribution is -2.22. The first kappa shape index (κ1) is 20.4. The van der Waals surface area contributed by atoms with Crippen molar-refractivity contribution in [2.75, 3.05) is 36.0 Å². The van der Waals surface area contributed by atoms with E-state index in [-0.39, 0.29) is 0 Å². The van der Waals surface area contributed by atoms with Crippen LogP contribution in [0.2, 0.25) is 0 Å². The predicted octanol–water partition coefficient (Wildman–Crippen LogP) is 6.15. The number of rotatable bonds is 8. The van der Waals surface area contributed by atoms with Crippen LogP contribution in [0.25, 0.3) is 0 Å². The van der Waals surface area contributed by atoms with Crippen molar-refractivity contribution in [3.8, 4) is 0 Å². The third kappa shape index (κ3) is 4.23. The van der Waals surface area contributed by atoms with E-state index in [0.717, 1.165) is 26.2 Å². The Morgan fingerprint density at radius 1 is 0.654 bits per heavy atom. The van der Waals surface area contributed by atoms with Crippen LogP contribution in [-0.4, -0.2) is 26.2 Å². The van der Waals surface area contributed by atoms with Gasteiger partial charge in [-0.1, -0.05) is 19.1 Å². The normalized spacial score (nSPS) is 11.1. The summed E-state index contributed by atoms with van der Waals surface area (Å²) >= 11 is 0. The molecular formula is C24H36N2. The van der Waals surface area contributed by atoms with Gasteiger partial charge in [-0.05, 0) is 88.1 Å². The average molecular weight is 353 g/mol. The maximum Gasteiger partial charge on any atom is 0.0368 e. The molecule has 0 spiro atoms. The van der Waals surface area contributed by atoms with Gasteiger partial charge in [0.1, 0.15) is 0 Å². The van der Waals surface area contributed by atoms with Gasteiger partial charge in [0.15, 0.2) is 0 Å². The molecule has 0 heterocycles. The average Bonchev–Trinajstić information content (AvgIpc) is 2.63. The maximum atomic E-state index is 2.41. The molecular weight excluding hydrogens is 316 g/mol. The Morgan fingerprint density at radius 2 is 1.00 bits per heavy atom. The lowest BCUT2D eigenvalue weighted by molar-refractivity contribution is 0.853. The molecule has 0 aromatic heterocycles. The zero-order valence-corrected chi connectivity index (χ0v) is 17.8. The number of aryl methyl sites for hydroxylation is 2. The van der Waals surface area contributed by atoms with Crippen LogP contribution in [0.4, 0.5) is 11.4 Å². The molecule has 0 fully saturated rings. The topological polar surface area (TPSA) is 6.48 Å². The first-order valence-electron chi connectivity index (χ1n) is 10.2. The zero-order valence-electron chi connectivity index (χ0n) is 17.8. The van der Waals surface area contributed by atoms with Crippen molar-refractivity contribution in [1.82, 2.24) is 0 Å². The fourth-order valence-corrected chi connectivity index (χ4v) is 4.03. The molecule has 0 bridgehead atoms. The molecule has 0 saturated carbocycles. The van der Waals surface area contributed by atoms with Gasteiger partial charge in [-0.3, -0.25) is 0 Å². The summed E-state index contributed by atoms with van der Waals surface area (Å²) in [5.41, 5.74) is 8.29. The highest BCUT2D eigenvalue weighted by molar-refractivity contribution is 5.55. The minimum absolute atomic E-state index is 0.409. The number of anilines is 2. The lowest BCUT2D eigenvalue weighted by Gasteiger charge is -2.25.